The van der Waals surface area contributed by atoms with Gasteiger partial charge in [-0.1, -0.05) is 0 Å². The third-order valence-corrected chi connectivity index (χ3v) is 2.34. The topological polar surface area (TPSA) is 77.1 Å². The molecule has 88 valence electrons. The Morgan fingerprint density at radius 2 is 2.00 bits per heavy atom. The Bertz CT molecular complexity index is 396. The van der Waals surface area contributed by atoms with Gasteiger partial charge >= 0.3 is 0 Å². The molecule has 0 saturated heterocycles. The summed E-state index contributed by atoms with van der Waals surface area (Å²) in [6.07, 6.45) is 1.83. The number of carbonyl (C=O) groups excluding carboxylic acids is 2. The summed E-state index contributed by atoms with van der Waals surface area (Å²) in [4.78, 5) is 22.6. The first-order valence-corrected chi connectivity index (χ1v) is 5.20. The highest BCUT2D eigenvalue weighted by molar-refractivity contribution is 5.96. The second kappa shape index (κ2) is 4.83. The normalized spacial score (nSPS) is 12.5. The quantitative estimate of drug-likeness (QED) is 0.787. The van der Waals surface area contributed by atoms with Gasteiger partial charge in [-0.3, -0.25) is 9.59 Å². The molecule has 5 nitrogen and oxygen atoms in total. The van der Waals surface area contributed by atoms with Crippen LogP contribution in [0.15, 0.2) is 18.3 Å². The van der Waals surface area contributed by atoms with Gasteiger partial charge in [-0.05, 0) is 32.9 Å². The Balaban J connectivity index is 2.81. The third-order valence-electron chi connectivity index (χ3n) is 2.34. The second-order valence-corrected chi connectivity index (χ2v) is 3.99. The van der Waals surface area contributed by atoms with Crippen LogP contribution in [0.4, 0.5) is 0 Å². The Hall–Kier alpha value is -1.78. The molecule has 0 aliphatic heterocycles. The van der Waals surface area contributed by atoms with Crippen molar-refractivity contribution in [2.45, 2.75) is 32.9 Å². The van der Waals surface area contributed by atoms with E-state index in [1.54, 1.807) is 19.1 Å². The third kappa shape index (κ3) is 2.62. The summed E-state index contributed by atoms with van der Waals surface area (Å²) in [5.41, 5.74) is 5.61. The molecule has 0 aliphatic carbocycles. The van der Waals surface area contributed by atoms with Crippen LogP contribution >= 0.6 is 0 Å². The van der Waals surface area contributed by atoms with Gasteiger partial charge in [-0.25, -0.2) is 0 Å². The van der Waals surface area contributed by atoms with Gasteiger partial charge in [0.1, 0.15) is 11.7 Å². The molecule has 0 spiro atoms. The van der Waals surface area contributed by atoms with Crippen molar-refractivity contribution in [3.05, 3.63) is 24.0 Å². The molecule has 1 aromatic rings. The predicted octanol–water partition coefficient (Wildman–Crippen LogP) is 0.673. The van der Waals surface area contributed by atoms with Crippen molar-refractivity contribution in [1.29, 1.82) is 0 Å². The fourth-order valence-electron chi connectivity index (χ4n) is 1.38. The number of nitrogens with one attached hydrogen (secondary N) is 1. The molecule has 0 bridgehead atoms. The van der Waals surface area contributed by atoms with Gasteiger partial charge in [0.25, 0.3) is 5.91 Å². The van der Waals surface area contributed by atoms with Crippen LogP contribution < -0.4 is 11.1 Å². The molecule has 3 N–H and O–H groups in total. The Labute approximate surface area is 94.6 Å². The number of hydrogen-bond donors (Lipinski definition) is 2. The van der Waals surface area contributed by atoms with Crippen LogP contribution in [0.3, 0.4) is 0 Å². The number of rotatable bonds is 4. The zero-order chi connectivity index (χ0) is 12.3. The summed E-state index contributed by atoms with van der Waals surface area (Å²) in [6.45, 7) is 5.52. The zero-order valence-electron chi connectivity index (χ0n) is 9.73. The number of primary amides is 1. The fourth-order valence-corrected chi connectivity index (χ4v) is 1.38. The van der Waals surface area contributed by atoms with Crippen LogP contribution in [0.25, 0.3) is 0 Å². The second-order valence-electron chi connectivity index (χ2n) is 3.99. The predicted molar refractivity (Wildman–Crippen MR) is 60.9 cm³/mol. The number of aromatic nitrogens is 1. The lowest BCUT2D eigenvalue weighted by atomic mass is 10.3. The summed E-state index contributed by atoms with van der Waals surface area (Å²) in [5.74, 6) is -0.832. The highest BCUT2D eigenvalue weighted by Gasteiger charge is 2.17. The molecular formula is C11H17N3O2. The molecule has 16 heavy (non-hydrogen) atoms. The SMILES string of the molecule is CC(C)n1cccc1C(=O)N[C@@H](C)C(N)=O. The van der Waals surface area contributed by atoms with Crippen LogP contribution in [0, 0.1) is 0 Å². The minimum atomic E-state index is -0.664. The van der Waals surface area contributed by atoms with Gasteiger partial charge < -0.3 is 15.6 Å². The minimum absolute atomic E-state index is 0.194. The highest BCUT2D eigenvalue weighted by Crippen LogP contribution is 2.10. The number of nitrogens with two attached hydrogens (primary N) is 1. The van der Waals surface area contributed by atoms with Crippen molar-refractivity contribution in [2.24, 2.45) is 5.73 Å². The summed E-state index contributed by atoms with van der Waals surface area (Å²) >= 11 is 0. The molecule has 0 fully saturated rings. The number of amides is 2. The first-order chi connectivity index (χ1) is 7.43. The van der Waals surface area contributed by atoms with E-state index in [2.05, 4.69) is 5.32 Å². The van der Waals surface area contributed by atoms with Crippen molar-refractivity contribution in [3.63, 3.8) is 0 Å². The first kappa shape index (κ1) is 12.3. The molecule has 1 heterocycles. The van der Waals surface area contributed by atoms with Crippen molar-refractivity contribution >= 4 is 11.8 Å². The van der Waals surface area contributed by atoms with Gasteiger partial charge in [0.05, 0.1) is 0 Å². The smallest absolute Gasteiger partial charge is 0.268 e. The van der Waals surface area contributed by atoms with E-state index < -0.39 is 11.9 Å². The molecular weight excluding hydrogens is 206 g/mol. The molecule has 0 radical (unpaired) electrons. The molecule has 5 heteroatoms. The van der Waals surface area contributed by atoms with Gasteiger partial charge in [-0.15, -0.1) is 0 Å². The largest absolute Gasteiger partial charge is 0.368 e. The lowest BCUT2D eigenvalue weighted by molar-refractivity contribution is -0.119. The van der Waals surface area contributed by atoms with E-state index in [-0.39, 0.29) is 11.9 Å². The van der Waals surface area contributed by atoms with E-state index >= 15 is 0 Å². The van der Waals surface area contributed by atoms with Crippen LogP contribution in [0.1, 0.15) is 37.3 Å². The van der Waals surface area contributed by atoms with E-state index in [4.69, 9.17) is 5.73 Å². The molecule has 1 atom stereocenters. The fraction of sp³-hybridized carbons (Fsp3) is 0.455. The molecule has 2 amide bonds. The standard InChI is InChI=1S/C11H17N3O2/c1-7(2)14-6-4-5-9(14)11(16)13-8(3)10(12)15/h4-8H,1-3H3,(H2,12,15)(H,13,16)/t8-/m0/s1. The average molecular weight is 223 g/mol. The van der Waals surface area contributed by atoms with Gasteiger partial charge in [0, 0.05) is 12.2 Å². The van der Waals surface area contributed by atoms with E-state index in [0.717, 1.165) is 0 Å². The Morgan fingerprint density at radius 1 is 1.38 bits per heavy atom. The van der Waals surface area contributed by atoms with Gasteiger partial charge in [0.15, 0.2) is 0 Å². The van der Waals surface area contributed by atoms with E-state index in [1.807, 2.05) is 24.6 Å². The highest BCUT2D eigenvalue weighted by atomic mass is 16.2. The molecule has 0 aromatic carbocycles. The van der Waals surface area contributed by atoms with Crippen LogP contribution in [-0.2, 0) is 4.79 Å². The van der Waals surface area contributed by atoms with Crippen molar-refractivity contribution in [3.8, 4) is 0 Å². The molecule has 1 rings (SSSR count). The maximum absolute atomic E-state index is 11.8. The van der Waals surface area contributed by atoms with Crippen LogP contribution in [0.5, 0.6) is 0 Å². The molecule has 0 aliphatic rings. The monoisotopic (exact) mass is 223 g/mol. The number of carbonyl (C=O) groups is 2. The molecule has 1 aromatic heterocycles. The molecule has 0 saturated carbocycles. The van der Waals surface area contributed by atoms with Crippen molar-refractivity contribution in [1.82, 2.24) is 9.88 Å². The van der Waals surface area contributed by atoms with E-state index in [1.165, 1.54) is 0 Å². The summed E-state index contributed by atoms with van der Waals surface area (Å²) in [5, 5.41) is 2.54. The summed E-state index contributed by atoms with van der Waals surface area (Å²) < 4.78 is 1.84. The van der Waals surface area contributed by atoms with Crippen molar-refractivity contribution in [2.75, 3.05) is 0 Å². The first-order valence-electron chi connectivity index (χ1n) is 5.20. The van der Waals surface area contributed by atoms with E-state index in [9.17, 15) is 9.59 Å². The van der Waals surface area contributed by atoms with Gasteiger partial charge in [0.2, 0.25) is 5.91 Å². The Kier molecular flexibility index (Phi) is 3.71. The number of hydrogen-bond acceptors (Lipinski definition) is 2. The van der Waals surface area contributed by atoms with E-state index in [0.29, 0.717) is 5.69 Å². The van der Waals surface area contributed by atoms with Crippen molar-refractivity contribution < 1.29 is 9.59 Å². The summed E-state index contributed by atoms with van der Waals surface area (Å²) in [7, 11) is 0. The van der Waals surface area contributed by atoms with Crippen LogP contribution in [-0.4, -0.2) is 22.4 Å². The summed E-state index contributed by atoms with van der Waals surface area (Å²) in [6, 6.07) is 3.04. The van der Waals surface area contributed by atoms with Gasteiger partial charge in [-0.2, -0.15) is 0 Å². The Morgan fingerprint density at radius 3 is 2.50 bits per heavy atom. The lowest BCUT2D eigenvalue weighted by Crippen LogP contribution is -2.42. The lowest BCUT2D eigenvalue weighted by Gasteiger charge is -2.14. The number of nitrogens with zero attached hydrogens (tertiary/aromatic N) is 1. The maximum atomic E-state index is 11.8. The molecule has 0 unspecified atom stereocenters. The zero-order valence-corrected chi connectivity index (χ0v) is 9.73. The minimum Gasteiger partial charge on any atom is -0.368 e. The average Bonchev–Trinajstić information content (AvgIpc) is 2.65. The van der Waals surface area contributed by atoms with Crippen LogP contribution in [0.2, 0.25) is 0 Å². The maximum Gasteiger partial charge on any atom is 0.268 e.